The van der Waals surface area contributed by atoms with Crippen molar-refractivity contribution < 1.29 is 13.2 Å². The van der Waals surface area contributed by atoms with Crippen molar-refractivity contribution >= 4 is 54.4 Å². The summed E-state index contributed by atoms with van der Waals surface area (Å²) in [5, 5.41) is 12.4. The lowest BCUT2D eigenvalue weighted by Gasteiger charge is -2.30. The molecule has 7 nitrogen and oxygen atoms in total. The van der Waals surface area contributed by atoms with Crippen LogP contribution < -0.4 is 15.9 Å². The average Bonchev–Trinajstić information content (AvgIpc) is 3.21. The molecule has 4 rings (SSSR count). The topological polar surface area (TPSA) is 114 Å². The van der Waals surface area contributed by atoms with E-state index < -0.39 is 20.8 Å². The number of carbonyl (C=O) groups is 1. The van der Waals surface area contributed by atoms with Crippen LogP contribution in [0, 0.1) is 0 Å². The number of hydrogen-bond acceptors (Lipinski definition) is 6. The molecule has 1 unspecified atom stereocenters. The van der Waals surface area contributed by atoms with Gasteiger partial charge in [-0.2, -0.15) is 5.10 Å². The summed E-state index contributed by atoms with van der Waals surface area (Å²) in [6, 6.07) is 23.1. The van der Waals surface area contributed by atoms with Gasteiger partial charge in [-0.15, -0.1) is 0 Å². The van der Waals surface area contributed by atoms with Gasteiger partial charge in [-0.3, -0.25) is 10.2 Å². The molecule has 0 fully saturated rings. The number of sulfonamides is 1. The molecule has 1 aliphatic rings. The summed E-state index contributed by atoms with van der Waals surface area (Å²) in [7, 11) is -3.80. The van der Waals surface area contributed by atoms with Crippen LogP contribution in [0.2, 0.25) is 0 Å². The van der Waals surface area contributed by atoms with E-state index in [1.807, 2.05) is 54.6 Å². The van der Waals surface area contributed by atoms with E-state index in [-0.39, 0.29) is 9.94 Å². The number of thioether (sulfide) groups is 1. The average molecular weight is 517 g/mol. The van der Waals surface area contributed by atoms with Gasteiger partial charge in [0, 0.05) is 15.7 Å². The summed E-state index contributed by atoms with van der Waals surface area (Å²) in [5.41, 5.74) is 5.45. The molecule has 1 heterocycles. The number of nitrogens with two attached hydrogens (primary N) is 1. The van der Waals surface area contributed by atoms with Gasteiger partial charge in [0.2, 0.25) is 10.0 Å². The molecule has 1 amide bonds. The number of carbonyl (C=O) groups excluding carboxylic acids is 1. The molecule has 0 spiro atoms. The van der Waals surface area contributed by atoms with Crippen LogP contribution in [0.5, 0.6) is 0 Å². The molecule has 1 aliphatic heterocycles. The summed E-state index contributed by atoms with van der Waals surface area (Å²) in [6.07, 6.45) is 0. The number of hydrogen-bond donors (Lipinski definition) is 3. The minimum atomic E-state index is -3.80. The maximum atomic E-state index is 12.9. The Kier molecular flexibility index (Phi) is 5.89. The molecule has 10 heteroatoms. The van der Waals surface area contributed by atoms with E-state index in [2.05, 4.69) is 31.8 Å². The first kappa shape index (κ1) is 21.6. The minimum Gasteiger partial charge on any atom is -0.320 e. The zero-order valence-corrected chi connectivity index (χ0v) is 19.2. The molecule has 0 radical (unpaired) electrons. The number of rotatable bonds is 5. The number of nitrogens with one attached hydrogen (secondary N) is 2. The monoisotopic (exact) mass is 516 g/mol. The Labute approximate surface area is 192 Å². The van der Waals surface area contributed by atoms with Crippen LogP contribution in [0.3, 0.4) is 0 Å². The number of nitrogens with zero attached hydrogens (tertiary/aromatic N) is 1. The summed E-state index contributed by atoms with van der Waals surface area (Å²) in [6.45, 7) is 0. The number of anilines is 1. The highest BCUT2D eigenvalue weighted by Gasteiger charge is 2.43. The van der Waals surface area contributed by atoms with Gasteiger partial charge >= 0.3 is 0 Å². The van der Waals surface area contributed by atoms with Crippen molar-refractivity contribution in [3.63, 3.8) is 0 Å². The van der Waals surface area contributed by atoms with Crippen molar-refractivity contribution in [2.24, 2.45) is 10.2 Å². The van der Waals surface area contributed by atoms with Crippen molar-refractivity contribution in [3.05, 3.63) is 94.5 Å². The van der Waals surface area contributed by atoms with Crippen molar-refractivity contribution in [1.82, 2.24) is 5.43 Å². The second-order valence-corrected chi connectivity index (χ2v) is 10.3. The lowest BCUT2D eigenvalue weighted by Crippen LogP contribution is -2.34. The third-order valence-electron chi connectivity index (χ3n) is 4.63. The van der Waals surface area contributed by atoms with E-state index in [1.165, 1.54) is 36.0 Å². The quantitative estimate of drug-likeness (QED) is 0.479. The Hall–Kier alpha value is -2.66. The molecule has 158 valence electrons. The molecule has 0 saturated carbocycles. The second kappa shape index (κ2) is 8.46. The van der Waals surface area contributed by atoms with Gasteiger partial charge in [-0.1, -0.05) is 76.2 Å². The fourth-order valence-corrected chi connectivity index (χ4v) is 5.53. The van der Waals surface area contributed by atoms with E-state index >= 15 is 0 Å². The highest BCUT2D eigenvalue weighted by atomic mass is 79.9. The summed E-state index contributed by atoms with van der Waals surface area (Å²) < 4.78 is 23.7. The van der Waals surface area contributed by atoms with E-state index in [0.29, 0.717) is 5.69 Å². The number of amides is 1. The molecule has 0 aromatic heterocycles. The first-order valence-corrected chi connectivity index (χ1v) is 12.2. The van der Waals surface area contributed by atoms with Gasteiger partial charge in [-0.05, 0) is 35.9 Å². The molecule has 0 aliphatic carbocycles. The lowest BCUT2D eigenvalue weighted by molar-refractivity contribution is -0.110. The van der Waals surface area contributed by atoms with Gasteiger partial charge in [-0.25, -0.2) is 13.6 Å². The molecule has 4 N–H and O–H groups in total. The SMILES string of the molecule is NS(=O)(=O)c1ccc(NC(=O)C2=NNC(c3ccccc3)(c3ccccc3Br)S2)cc1. The van der Waals surface area contributed by atoms with Crippen LogP contribution in [0.1, 0.15) is 11.1 Å². The maximum absolute atomic E-state index is 12.9. The minimum absolute atomic E-state index is 0.0308. The van der Waals surface area contributed by atoms with E-state index in [4.69, 9.17) is 5.14 Å². The Morgan fingerprint density at radius 2 is 1.65 bits per heavy atom. The first-order chi connectivity index (χ1) is 14.8. The molecule has 0 saturated heterocycles. The maximum Gasteiger partial charge on any atom is 0.282 e. The first-order valence-electron chi connectivity index (χ1n) is 9.08. The van der Waals surface area contributed by atoms with Gasteiger partial charge < -0.3 is 5.32 Å². The van der Waals surface area contributed by atoms with Crippen LogP contribution in [-0.2, 0) is 19.7 Å². The molecular formula is C21H17BrN4O3S2. The van der Waals surface area contributed by atoms with Crippen molar-refractivity contribution in [2.45, 2.75) is 9.77 Å². The molecule has 0 bridgehead atoms. The van der Waals surface area contributed by atoms with E-state index in [9.17, 15) is 13.2 Å². The fourth-order valence-electron chi connectivity index (χ4n) is 3.14. The Morgan fingerprint density at radius 1 is 1.00 bits per heavy atom. The summed E-state index contributed by atoms with van der Waals surface area (Å²) >= 11 is 4.90. The number of benzene rings is 3. The number of primary sulfonamides is 1. The Bertz CT molecular complexity index is 1270. The lowest BCUT2D eigenvalue weighted by atomic mass is 9.98. The second-order valence-electron chi connectivity index (χ2n) is 6.68. The highest BCUT2D eigenvalue weighted by Crippen LogP contribution is 2.46. The number of hydrazone groups is 1. The zero-order chi connectivity index (χ0) is 22.1. The summed E-state index contributed by atoms with van der Waals surface area (Å²) in [5.74, 6) is -0.411. The van der Waals surface area contributed by atoms with Gasteiger partial charge in [0.15, 0.2) is 9.91 Å². The normalized spacial score (nSPS) is 18.2. The fraction of sp³-hybridized carbons (Fsp3) is 0.0476. The third kappa shape index (κ3) is 4.38. The van der Waals surface area contributed by atoms with E-state index in [0.717, 1.165) is 15.6 Å². The molecule has 1 atom stereocenters. The largest absolute Gasteiger partial charge is 0.320 e. The van der Waals surface area contributed by atoms with Crippen molar-refractivity contribution in [1.29, 1.82) is 0 Å². The standard InChI is InChI=1S/C21H17BrN4O3S2/c22-18-9-5-4-8-17(18)21(14-6-2-1-3-7-14)26-25-20(30-21)19(27)24-15-10-12-16(13-11-15)31(23,28)29/h1-13,26H,(H,24,27)(H2,23,28,29). The summed E-state index contributed by atoms with van der Waals surface area (Å²) in [4.78, 5) is 12.1. The smallest absolute Gasteiger partial charge is 0.282 e. The van der Waals surface area contributed by atoms with Crippen LogP contribution in [-0.4, -0.2) is 19.4 Å². The Balaban J connectivity index is 1.60. The van der Waals surface area contributed by atoms with Crippen LogP contribution >= 0.6 is 27.7 Å². The molecule has 3 aromatic carbocycles. The molecule has 31 heavy (non-hydrogen) atoms. The Morgan fingerprint density at radius 3 is 2.29 bits per heavy atom. The highest BCUT2D eigenvalue weighted by molar-refractivity contribution is 9.10. The van der Waals surface area contributed by atoms with Crippen molar-refractivity contribution in [3.8, 4) is 0 Å². The van der Waals surface area contributed by atoms with E-state index in [1.54, 1.807) is 0 Å². The van der Waals surface area contributed by atoms with Gasteiger partial charge in [0.05, 0.1) is 4.90 Å². The predicted molar refractivity (Wildman–Crippen MR) is 126 cm³/mol. The third-order valence-corrected chi connectivity index (χ3v) is 7.58. The molecule has 3 aromatic rings. The van der Waals surface area contributed by atoms with Gasteiger partial charge in [0.1, 0.15) is 0 Å². The molecular weight excluding hydrogens is 500 g/mol. The van der Waals surface area contributed by atoms with Crippen molar-refractivity contribution in [2.75, 3.05) is 5.32 Å². The van der Waals surface area contributed by atoms with Crippen LogP contribution in [0.25, 0.3) is 0 Å². The predicted octanol–water partition coefficient (Wildman–Crippen LogP) is 3.59. The number of halogens is 1. The zero-order valence-electron chi connectivity index (χ0n) is 15.9. The van der Waals surface area contributed by atoms with Crippen LogP contribution in [0.4, 0.5) is 5.69 Å². The van der Waals surface area contributed by atoms with Crippen LogP contribution in [0.15, 0.2) is 93.3 Å². The van der Waals surface area contributed by atoms with Gasteiger partial charge in [0.25, 0.3) is 5.91 Å².